The standard InChI is InChI=1S/C15H15N3O/c1-19-9-7-13-4-2-3-5-14(13)18-15-10-12(11-16)6-8-17-15/h2-6,8,10H,7,9H2,1H3,(H,17,18). The molecular weight excluding hydrogens is 238 g/mol. The van der Waals surface area contributed by atoms with Gasteiger partial charge in [-0.15, -0.1) is 0 Å². The van der Waals surface area contributed by atoms with Crippen LogP contribution in [0.3, 0.4) is 0 Å². The van der Waals surface area contributed by atoms with Crippen molar-refractivity contribution in [1.82, 2.24) is 4.98 Å². The van der Waals surface area contributed by atoms with Gasteiger partial charge in [0.2, 0.25) is 0 Å². The van der Waals surface area contributed by atoms with Gasteiger partial charge in [0.25, 0.3) is 0 Å². The zero-order chi connectivity index (χ0) is 13.5. The van der Waals surface area contributed by atoms with Crippen LogP contribution in [0.5, 0.6) is 0 Å². The fraction of sp³-hybridized carbons (Fsp3) is 0.200. The van der Waals surface area contributed by atoms with E-state index in [9.17, 15) is 0 Å². The second kappa shape index (κ2) is 6.53. The number of pyridine rings is 1. The van der Waals surface area contributed by atoms with Crippen molar-refractivity contribution in [3.05, 3.63) is 53.7 Å². The summed E-state index contributed by atoms with van der Waals surface area (Å²) in [7, 11) is 1.69. The fourth-order valence-corrected chi connectivity index (χ4v) is 1.78. The van der Waals surface area contributed by atoms with E-state index in [4.69, 9.17) is 10.00 Å². The number of benzene rings is 1. The first kappa shape index (κ1) is 13.1. The predicted molar refractivity (Wildman–Crippen MR) is 74.3 cm³/mol. The van der Waals surface area contributed by atoms with Crippen molar-refractivity contribution in [3.8, 4) is 6.07 Å². The number of nitrogens with one attached hydrogen (secondary N) is 1. The Labute approximate surface area is 112 Å². The molecule has 2 rings (SSSR count). The van der Waals surface area contributed by atoms with Crippen molar-refractivity contribution in [2.45, 2.75) is 6.42 Å². The molecule has 19 heavy (non-hydrogen) atoms. The zero-order valence-corrected chi connectivity index (χ0v) is 10.8. The lowest BCUT2D eigenvalue weighted by atomic mass is 10.1. The van der Waals surface area contributed by atoms with Crippen LogP contribution in [0.1, 0.15) is 11.1 Å². The summed E-state index contributed by atoms with van der Waals surface area (Å²) in [5.74, 6) is 0.670. The van der Waals surface area contributed by atoms with Crippen LogP contribution in [-0.4, -0.2) is 18.7 Å². The van der Waals surface area contributed by atoms with Gasteiger partial charge in [-0.3, -0.25) is 0 Å². The molecule has 2 aromatic rings. The van der Waals surface area contributed by atoms with Crippen LogP contribution in [0.2, 0.25) is 0 Å². The van der Waals surface area contributed by atoms with Crippen molar-refractivity contribution < 1.29 is 4.74 Å². The van der Waals surface area contributed by atoms with Crippen LogP contribution in [0, 0.1) is 11.3 Å². The second-order valence-corrected chi connectivity index (χ2v) is 4.07. The minimum absolute atomic E-state index is 0.590. The van der Waals surface area contributed by atoms with Crippen LogP contribution < -0.4 is 5.32 Å². The molecule has 0 fully saturated rings. The third-order valence-corrected chi connectivity index (χ3v) is 2.74. The molecule has 0 saturated heterocycles. The molecule has 4 heteroatoms. The minimum Gasteiger partial charge on any atom is -0.384 e. The number of nitrogens with zero attached hydrogens (tertiary/aromatic N) is 2. The van der Waals surface area contributed by atoms with Gasteiger partial charge in [-0.25, -0.2) is 4.98 Å². The number of rotatable bonds is 5. The average Bonchev–Trinajstić information content (AvgIpc) is 2.46. The Balaban J connectivity index is 2.20. The molecule has 0 radical (unpaired) electrons. The normalized spacial score (nSPS) is 9.89. The van der Waals surface area contributed by atoms with Crippen LogP contribution in [-0.2, 0) is 11.2 Å². The number of nitriles is 1. The topological polar surface area (TPSA) is 57.9 Å². The first-order chi connectivity index (χ1) is 9.33. The zero-order valence-electron chi connectivity index (χ0n) is 10.8. The van der Waals surface area contributed by atoms with Gasteiger partial charge in [-0.2, -0.15) is 5.26 Å². The molecule has 4 nitrogen and oxygen atoms in total. The van der Waals surface area contributed by atoms with Gasteiger partial charge >= 0.3 is 0 Å². The van der Waals surface area contributed by atoms with Crippen LogP contribution in [0.15, 0.2) is 42.6 Å². The van der Waals surface area contributed by atoms with Gasteiger partial charge in [0.1, 0.15) is 5.82 Å². The minimum atomic E-state index is 0.590. The molecule has 0 aliphatic rings. The van der Waals surface area contributed by atoms with Crippen molar-refractivity contribution in [2.75, 3.05) is 19.0 Å². The Bertz CT molecular complexity index is 590. The van der Waals surface area contributed by atoms with E-state index < -0.39 is 0 Å². The van der Waals surface area contributed by atoms with E-state index in [0.717, 1.165) is 17.7 Å². The smallest absolute Gasteiger partial charge is 0.131 e. The predicted octanol–water partition coefficient (Wildman–Crippen LogP) is 2.89. The molecule has 1 N–H and O–H groups in total. The monoisotopic (exact) mass is 253 g/mol. The van der Waals surface area contributed by atoms with E-state index in [1.54, 1.807) is 25.4 Å². The average molecular weight is 253 g/mol. The number of methoxy groups -OCH3 is 1. The molecule has 0 amide bonds. The maximum absolute atomic E-state index is 8.88. The van der Waals surface area contributed by atoms with Crippen molar-refractivity contribution in [3.63, 3.8) is 0 Å². The van der Waals surface area contributed by atoms with Crippen molar-refractivity contribution in [1.29, 1.82) is 5.26 Å². The molecule has 0 spiro atoms. The third-order valence-electron chi connectivity index (χ3n) is 2.74. The summed E-state index contributed by atoms with van der Waals surface area (Å²) in [5.41, 5.74) is 2.74. The van der Waals surface area contributed by atoms with Gasteiger partial charge < -0.3 is 10.1 Å². The molecule has 0 unspecified atom stereocenters. The first-order valence-electron chi connectivity index (χ1n) is 6.03. The van der Waals surface area contributed by atoms with E-state index in [0.29, 0.717) is 18.0 Å². The summed E-state index contributed by atoms with van der Waals surface area (Å²) in [6.07, 6.45) is 2.45. The number of hydrogen-bond acceptors (Lipinski definition) is 4. The highest BCUT2D eigenvalue weighted by Gasteiger charge is 2.03. The number of para-hydroxylation sites is 1. The first-order valence-corrected chi connectivity index (χ1v) is 6.03. The largest absolute Gasteiger partial charge is 0.384 e. The molecule has 0 atom stereocenters. The molecule has 0 aliphatic heterocycles. The Morgan fingerprint density at radius 2 is 2.16 bits per heavy atom. The summed E-state index contributed by atoms with van der Waals surface area (Å²) in [4.78, 5) is 4.21. The molecule has 1 aromatic heterocycles. The second-order valence-electron chi connectivity index (χ2n) is 4.07. The van der Waals surface area contributed by atoms with E-state index >= 15 is 0 Å². The number of hydrogen-bond donors (Lipinski definition) is 1. The van der Waals surface area contributed by atoms with E-state index in [2.05, 4.69) is 22.4 Å². The van der Waals surface area contributed by atoms with Crippen LogP contribution >= 0.6 is 0 Å². The molecule has 1 aromatic carbocycles. The Kier molecular flexibility index (Phi) is 4.49. The number of anilines is 2. The fourth-order valence-electron chi connectivity index (χ4n) is 1.78. The SMILES string of the molecule is COCCc1ccccc1Nc1cc(C#N)ccn1. The quantitative estimate of drug-likeness (QED) is 0.890. The van der Waals surface area contributed by atoms with Crippen molar-refractivity contribution >= 4 is 11.5 Å². The highest BCUT2D eigenvalue weighted by atomic mass is 16.5. The Morgan fingerprint density at radius 1 is 1.32 bits per heavy atom. The number of aromatic nitrogens is 1. The summed E-state index contributed by atoms with van der Waals surface area (Å²) >= 11 is 0. The molecule has 0 bridgehead atoms. The third kappa shape index (κ3) is 3.54. The van der Waals surface area contributed by atoms with E-state index in [-0.39, 0.29) is 0 Å². The summed E-state index contributed by atoms with van der Waals surface area (Å²) < 4.78 is 5.10. The van der Waals surface area contributed by atoms with Gasteiger partial charge in [0.05, 0.1) is 18.2 Å². The Morgan fingerprint density at radius 3 is 2.95 bits per heavy atom. The molecule has 0 saturated carbocycles. The van der Waals surface area contributed by atoms with Crippen molar-refractivity contribution in [2.24, 2.45) is 0 Å². The highest BCUT2D eigenvalue weighted by molar-refractivity contribution is 5.61. The van der Waals surface area contributed by atoms with Gasteiger partial charge in [0.15, 0.2) is 0 Å². The Hall–Kier alpha value is -2.38. The summed E-state index contributed by atoms with van der Waals surface area (Å²) in [6.45, 7) is 0.671. The maximum atomic E-state index is 8.88. The summed E-state index contributed by atoms with van der Waals surface area (Å²) in [5, 5.41) is 12.1. The van der Waals surface area contributed by atoms with E-state index in [1.807, 2.05) is 18.2 Å². The lowest BCUT2D eigenvalue weighted by molar-refractivity contribution is 0.202. The van der Waals surface area contributed by atoms with Crippen LogP contribution in [0.4, 0.5) is 11.5 Å². The highest BCUT2D eigenvalue weighted by Crippen LogP contribution is 2.20. The van der Waals surface area contributed by atoms with Gasteiger partial charge in [-0.05, 0) is 30.2 Å². The molecule has 0 aliphatic carbocycles. The maximum Gasteiger partial charge on any atom is 0.131 e. The lowest BCUT2D eigenvalue weighted by Gasteiger charge is -2.11. The van der Waals surface area contributed by atoms with E-state index in [1.165, 1.54) is 0 Å². The van der Waals surface area contributed by atoms with Crippen LogP contribution in [0.25, 0.3) is 0 Å². The lowest BCUT2D eigenvalue weighted by Crippen LogP contribution is -2.01. The summed E-state index contributed by atoms with van der Waals surface area (Å²) in [6, 6.07) is 13.5. The molecular formula is C15H15N3O. The molecule has 96 valence electrons. The molecule has 1 heterocycles. The van der Waals surface area contributed by atoms with Gasteiger partial charge in [-0.1, -0.05) is 18.2 Å². The van der Waals surface area contributed by atoms with Gasteiger partial charge in [0, 0.05) is 19.0 Å². The number of ether oxygens (including phenoxy) is 1.